The summed E-state index contributed by atoms with van der Waals surface area (Å²) in [5, 5.41) is 9.48. The summed E-state index contributed by atoms with van der Waals surface area (Å²) < 4.78 is 45.5. The minimum Gasteiger partial charge on any atom is -0.480 e. The number of hydrogen-bond donors (Lipinski definition) is 1. The van der Waals surface area contributed by atoms with E-state index in [4.69, 9.17) is 4.74 Å². The Balaban J connectivity index is 2.17. The van der Waals surface area contributed by atoms with Gasteiger partial charge in [0.15, 0.2) is 11.4 Å². The molecule has 0 bridgehead atoms. The summed E-state index contributed by atoms with van der Waals surface area (Å²) >= 11 is 0. The first-order valence-corrected chi connectivity index (χ1v) is 5.93. The zero-order valence-electron chi connectivity index (χ0n) is 11.2. The number of carbonyl (C=O) groups excluding carboxylic acids is 1. The van der Waals surface area contributed by atoms with E-state index in [0.29, 0.717) is 0 Å². The minimum absolute atomic E-state index is 0.0809. The molecule has 2 aromatic rings. The van der Waals surface area contributed by atoms with Crippen molar-refractivity contribution in [3.05, 3.63) is 42.1 Å². The van der Waals surface area contributed by atoms with Gasteiger partial charge >= 0.3 is 6.36 Å². The standard InChI is InChI=1S/C13H10F3N3O3/c1-21-11-7-6-9(18-19-11)12(20)17-8-4-2-3-5-10(8)22-13(14,15)16/h2-7H,1H3,(H,17,20). The number of benzene rings is 1. The van der Waals surface area contributed by atoms with E-state index in [0.717, 1.165) is 6.07 Å². The largest absolute Gasteiger partial charge is 0.573 e. The first-order valence-electron chi connectivity index (χ1n) is 5.93. The molecule has 1 amide bonds. The Labute approximate surface area is 122 Å². The van der Waals surface area contributed by atoms with Crippen molar-refractivity contribution in [2.45, 2.75) is 6.36 Å². The van der Waals surface area contributed by atoms with Crippen molar-refractivity contribution in [3.63, 3.8) is 0 Å². The average Bonchev–Trinajstić information content (AvgIpc) is 2.48. The van der Waals surface area contributed by atoms with Crippen LogP contribution in [0, 0.1) is 0 Å². The number of nitrogens with one attached hydrogen (secondary N) is 1. The van der Waals surface area contributed by atoms with E-state index in [-0.39, 0.29) is 17.3 Å². The number of methoxy groups -OCH3 is 1. The number of amides is 1. The lowest BCUT2D eigenvalue weighted by Gasteiger charge is -2.13. The van der Waals surface area contributed by atoms with E-state index in [2.05, 4.69) is 20.3 Å². The van der Waals surface area contributed by atoms with Crippen molar-refractivity contribution in [2.24, 2.45) is 0 Å². The molecule has 0 unspecified atom stereocenters. The smallest absolute Gasteiger partial charge is 0.480 e. The highest BCUT2D eigenvalue weighted by molar-refractivity contribution is 6.03. The molecule has 1 aromatic carbocycles. The summed E-state index contributed by atoms with van der Waals surface area (Å²) in [5.74, 6) is -1.05. The van der Waals surface area contributed by atoms with Gasteiger partial charge < -0.3 is 14.8 Å². The quantitative estimate of drug-likeness (QED) is 0.939. The van der Waals surface area contributed by atoms with Crippen molar-refractivity contribution < 1.29 is 27.4 Å². The van der Waals surface area contributed by atoms with Crippen LogP contribution in [0.1, 0.15) is 10.5 Å². The van der Waals surface area contributed by atoms with Crippen LogP contribution in [0.25, 0.3) is 0 Å². The predicted octanol–water partition coefficient (Wildman–Crippen LogP) is 2.64. The van der Waals surface area contributed by atoms with Crippen LogP contribution in [0.15, 0.2) is 36.4 Å². The van der Waals surface area contributed by atoms with Crippen molar-refractivity contribution in [2.75, 3.05) is 12.4 Å². The van der Waals surface area contributed by atoms with Gasteiger partial charge in [-0.1, -0.05) is 12.1 Å². The van der Waals surface area contributed by atoms with Gasteiger partial charge in [0.05, 0.1) is 12.8 Å². The number of halogens is 3. The molecule has 0 radical (unpaired) electrons. The molecule has 6 nitrogen and oxygen atoms in total. The molecule has 22 heavy (non-hydrogen) atoms. The van der Waals surface area contributed by atoms with Gasteiger partial charge in [-0.2, -0.15) is 0 Å². The molecule has 0 saturated heterocycles. The third-order valence-corrected chi connectivity index (χ3v) is 2.44. The van der Waals surface area contributed by atoms with Gasteiger partial charge in [0.2, 0.25) is 5.88 Å². The maximum Gasteiger partial charge on any atom is 0.573 e. The van der Waals surface area contributed by atoms with Crippen LogP contribution < -0.4 is 14.8 Å². The van der Waals surface area contributed by atoms with Crippen LogP contribution in [0.2, 0.25) is 0 Å². The van der Waals surface area contributed by atoms with Crippen LogP contribution in [0.3, 0.4) is 0 Å². The van der Waals surface area contributed by atoms with Crippen molar-refractivity contribution >= 4 is 11.6 Å². The van der Waals surface area contributed by atoms with E-state index in [1.165, 1.54) is 37.4 Å². The second-order valence-electron chi connectivity index (χ2n) is 3.96. The minimum atomic E-state index is -4.86. The number of ether oxygens (including phenoxy) is 2. The number of hydrogen-bond acceptors (Lipinski definition) is 5. The molecule has 0 aliphatic heterocycles. The maximum atomic E-state index is 12.3. The summed E-state index contributed by atoms with van der Waals surface area (Å²) in [6.07, 6.45) is -4.86. The van der Waals surface area contributed by atoms with Gasteiger partial charge in [-0.25, -0.2) is 0 Å². The average molecular weight is 313 g/mol. The molecule has 0 aliphatic rings. The Kier molecular flexibility index (Phi) is 4.44. The Bertz CT molecular complexity index is 660. The molecule has 0 fully saturated rings. The number of carbonyl (C=O) groups is 1. The molecule has 1 heterocycles. The van der Waals surface area contributed by atoms with Crippen LogP contribution in [0.5, 0.6) is 11.6 Å². The number of nitrogens with zero attached hydrogens (tertiary/aromatic N) is 2. The fourth-order valence-corrected chi connectivity index (χ4v) is 1.52. The highest BCUT2D eigenvalue weighted by atomic mass is 19.4. The number of alkyl halides is 3. The predicted molar refractivity (Wildman–Crippen MR) is 69.7 cm³/mol. The third-order valence-electron chi connectivity index (χ3n) is 2.44. The second kappa shape index (κ2) is 6.29. The highest BCUT2D eigenvalue weighted by Crippen LogP contribution is 2.30. The highest BCUT2D eigenvalue weighted by Gasteiger charge is 2.32. The molecule has 116 valence electrons. The van der Waals surface area contributed by atoms with E-state index in [1.54, 1.807) is 0 Å². The van der Waals surface area contributed by atoms with Gasteiger partial charge in [-0.15, -0.1) is 23.4 Å². The monoisotopic (exact) mass is 313 g/mol. The number of aromatic nitrogens is 2. The Morgan fingerprint density at radius 3 is 2.45 bits per heavy atom. The maximum absolute atomic E-state index is 12.3. The lowest BCUT2D eigenvalue weighted by molar-refractivity contribution is -0.274. The topological polar surface area (TPSA) is 73.3 Å². The zero-order chi connectivity index (χ0) is 16.2. The van der Waals surface area contributed by atoms with Crippen LogP contribution in [0.4, 0.5) is 18.9 Å². The van der Waals surface area contributed by atoms with Crippen molar-refractivity contribution in [3.8, 4) is 11.6 Å². The summed E-state index contributed by atoms with van der Waals surface area (Å²) in [5.41, 5.74) is -0.218. The normalized spacial score (nSPS) is 10.9. The van der Waals surface area contributed by atoms with Gasteiger partial charge in [-0.05, 0) is 18.2 Å². The molecular weight excluding hydrogens is 303 g/mol. The van der Waals surface area contributed by atoms with Crippen molar-refractivity contribution in [1.82, 2.24) is 10.2 Å². The molecule has 0 saturated carbocycles. The molecule has 1 aromatic heterocycles. The summed E-state index contributed by atoms with van der Waals surface area (Å²) in [6.45, 7) is 0. The molecule has 2 rings (SSSR count). The summed E-state index contributed by atoms with van der Waals surface area (Å²) in [7, 11) is 1.38. The lowest BCUT2D eigenvalue weighted by atomic mass is 10.2. The summed E-state index contributed by atoms with van der Waals surface area (Å²) in [6, 6.07) is 7.90. The van der Waals surface area contributed by atoms with E-state index in [1.807, 2.05) is 0 Å². The number of para-hydroxylation sites is 2. The fraction of sp³-hybridized carbons (Fsp3) is 0.154. The van der Waals surface area contributed by atoms with Crippen molar-refractivity contribution in [1.29, 1.82) is 0 Å². The number of rotatable bonds is 4. The third kappa shape index (κ3) is 4.08. The zero-order valence-corrected chi connectivity index (χ0v) is 11.2. The van der Waals surface area contributed by atoms with E-state index < -0.39 is 18.0 Å². The fourth-order valence-electron chi connectivity index (χ4n) is 1.52. The van der Waals surface area contributed by atoms with E-state index in [9.17, 15) is 18.0 Å². The number of anilines is 1. The Morgan fingerprint density at radius 2 is 1.86 bits per heavy atom. The molecule has 9 heteroatoms. The van der Waals surface area contributed by atoms with Crippen LogP contribution >= 0.6 is 0 Å². The lowest BCUT2D eigenvalue weighted by Crippen LogP contribution is -2.20. The molecular formula is C13H10F3N3O3. The van der Waals surface area contributed by atoms with Crippen LogP contribution in [-0.4, -0.2) is 29.6 Å². The molecule has 0 spiro atoms. The summed E-state index contributed by atoms with van der Waals surface area (Å²) in [4.78, 5) is 11.9. The van der Waals surface area contributed by atoms with Gasteiger partial charge in [0.1, 0.15) is 0 Å². The molecule has 1 N–H and O–H groups in total. The molecule has 0 aliphatic carbocycles. The Hall–Kier alpha value is -2.84. The van der Waals surface area contributed by atoms with Crippen LogP contribution in [-0.2, 0) is 0 Å². The van der Waals surface area contributed by atoms with E-state index >= 15 is 0 Å². The molecule has 0 atom stereocenters. The second-order valence-corrected chi connectivity index (χ2v) is 3.96. The Morgan fingerprint density at radius 1 is 1.14 bits per heavy atom. The first-order chi connectivity index (χ1) is 10.4. The first kappa shape index (κ1) is 15.5. The van der Waals surface area contributed by atoms with Gasteiger partial charge in [0, 0.05) is 6.07 Å². The van der Waals surface area contributed by atoms with Gasteiger partial charge in [0.25, 0.3) is 5.91 Å². The van der Waals surface area contributed by atoms with Gasteiger partial charge in [-0.3, -0.25) is 4.79 Å². The SMILES string of the molecule is COc1ccc(C(=O)Nc2ccccc2OC(F)(F)F)nn1.